The van der Waals surface area contributed by atoms with E-state index in [1.54, 1.807) is 0 Å². The number of halogens is 1. The van der Waals surface area contributed by atoms with Crippen LogP contribution in [-0.2, 0) is 0 Å². The summed E-state index contributed by atoms with van der Waals surface area (Å²) in [6, 6.07) is 0. The van der Waals surface area contributed by atoms with Crippen molar-refractivity contribution >= 4 is 23.1 Å². The number of aliphatic hydroxyl groups excluding tert-OH is 1. The average Bonchev–Trinajstić information content (AvgIpc) is 2.24. The second-order valence-electron chi connectivity index (χ2n) is 3.20. The number of nitrogen functional groups attached to an aromatic ring is 1. The van der Waals surface area contributed by atoms with E-state index in [4.69, 9.17) is 17.3 Å². The molecule has 1 unspecified atom stereocenters. The third kappa shape index (κ3) is 3.53. The predicted octanol–water partition coefficient (Wildman–Crippen LogP) is 1.29. The Morgan fingerprint density at radius 2 is 2.33 bits per heavy atom. The van der Waals surface area contributed by atoms with Crippen LogP contribution >= 0.6 is 11.6 Å². The summed E-state index contributed by atoms with van der Waals surface area (Å²) in [5, 5.41) is 12.6. The fourth-order valence-corrected chi connectivity index (χ4v) is 1.21. The van der Waals surface area contributed by atoms with Gasteiger partial charge in [0, 0.05) is 6.54 Å². The first-order valence-electron chi connectivity index (χ1n) is 4.83. The molecule has 4 N–H and O–H groups in total. The van der Waals surface area contributed by atoms with Crippen LogP contribution in [0.1, 0.15) is 19.8 Å². The highest BCUT2D eigenvalue weighted by atomic mass is 35.5. The molecule has 0 aliphatic heterocycles. The summed E-state index contributed by atoms with van der Waals surface area (Å²) in [6.45, 7) is 2.53. The first-order chi connectivity index (χ1) is 7.15. The van der Waals surface area contributed by atoms with Gasteiger partial charge < -0.3 is 16.2 Å². The fourth-order valence-electron chi connectivity index (χ4n) is 1.08. The Labute approximate surface area is 93.7 Å². The molecule has 1 heterocycles. The van der Waals surface area contributed by atoms with Gasteiger partial charge in [0.25, 0.3) is 0 Å². The van der Waals surface area contributed by atoms with Crippen molar-refractivity contribution in [3.05, 3.63) is 11.5 Å². The maximum absolute atomic E-state index is 9.33. The average molecular weight is 231 g/mol. The van der Waals surface area contributed by atoms with Crippen LogP contribution in [-0.4, -0.2) is 27.7 Å². The largest absolute Gasteiger partial charge is 0.393 e. The first kappa shape index (κ1) is 12.0. The van der Waals surface area contributed by atoms with E-state index in [-0.39, 0.29) is 11.3 Å². The lowest BCUT2D eigenvalue weighted by atomic mass is 10.2. The smallest absolute Gasteiger partial charge is 0.157 e. The van der Waals surface area contributed by atoms with Crippen molar-refractivity contribution in [2.75, 3.05) is 17.6 Å². The summed E-state index contributed by atoms with van der Waals surface area (Å²) in [7, 11) is 0. The highest BCUT2D eigenvalue weighted by Gasteiger charge is 2.06. The molecular formula is C9H15ClN4O. The summed E-state index contributed by atoms with van der Waals surface area (Å²) < 4.78 is 0. The maximum Gasteiger partial charge on any atom is 0.157 e. The van der Waals surface area contributed by atoms with E-state index in [2.05, 4.69) is 15.3 Å². The van der Waals surface area contributed by atoms with Crippen molar-refractivity contribution in [1.82, 2.24) is 9.97 Å². The molecule has 1 aromatic rings. The van der Waals surface area contributed by atoms with Gasteiger partial charge in [-0.1, -0.05) is 18.5 Å². The van der Waals surface area contributed by atoms with Crippen molar-refractivity contribution < 1.29 is 5.11 Å². The number of nitrogens with two attached hydrogens (primary N) is 1. The first-order valence-corrected chi connectivity index (χ1v) is 5.20. The van der Waals surface area contributed by atoms with E-state index in [0.717, 1.165) is 6.42 Å². The zero-order chi connectivity index (χ0) is 11.3. The van der Waals surface area contributed by atoms with Crippen molar-refractivity contribution in [2.45, 2.75) is 25.9 Å². The molecular weight excluding hydrogens is 216 g/mol. The quantitative estimate of drug-likeness (QED) is 0.664. The minimum Gasteiger partial charge on any atom is -0.393 e. The molecule has 0 spiro atoms. The molecule has 0 aromatic carbocycles. The molecule has 0 fully saturated rings. The molecule has 0 radical (unpaired) electrons. The Bertz CT molecular complexity index is 321. The topological polar surface area (TPSA) is 84.1 Å². The molecule has 5 nitrogen and oxygen atoms in total. The van der Waals surface area contributed by atoms with Crippen LogP contribution in [0.5, 0.6) is 0 Å². The third-order valence-corrected chi connectivity index (χ3v) is 2.38. The van der Waals surface area contributed by atoms with Gasteiger partial charge in [-0.05, 0) is 12.8 Å². The van der Waals surface area contributed by atoms with Gasteiger partial charge in [-0.2, -0.15) is 0 Å². The van der Waals surface area contributed by atoms with E-state index in [1.165, 1.54) is 6.33 Å². The van der Waals surface area contributed by atoms with Crippen molar-refractivity contribution in [1.29, 1.82) is 0 Å². The van der Waals surface area contributed by atoms with Gasteiger partial charge in [0.15, 0.2) is 11.0 Å². The monoisotopic (exact) mass is 230 g/mol. The predicted molar refractivity (Wildman–Crippen MR) is 60.9 cm³/mol. The Balaban J connectivity index is 2.47. The molecule has 0 bridgehead atoms. The molecule has 0 aliphatic rings. The Hall–Kier alpha value is -1.07. The van der Waals surface area contributed by atoms with Gasteiger partial charge in [0.1, 0.15) is 12.0 Å². The minimum atomic E-state index is -0.295. The maximum atomic E-state index is 9.33. The molecule has 0 saturated carbocycles. The van der Waals surface area contributed by atoms with Crippen LogP contribution in [0.15, 0.2) is 6.33 Å². The van der Waals surface area contributed by atoms with E-state index >= 15 is 0 Å². The summed E-state index contributed by atoms with van der Waals surface area (Å²) in [5.74, 6) is 0.512. The standard InChI is InChI=1S/C9H15ClN4O/c1-2-6(15)3-4-12-9-7(11)8(10)13-5-14-9/h5-6,15H,2-4,11H2,1H3,(H,12,13,14). The number of hydrogen-bond acceptors (Lipinski definition) is 5. The van der Waals surface area contributed by atoms with Gasteiger partial charge in [-0.3, -0.25) is 0 Å². The molecule has 84 valence electrons. The van der Waals surface area contributed by atoms with Gasteiger partial charge >= 0.3 is 0 Å². The summed E-state index contributed by atoms with van der Waals surface area (Å²) in [4.78, 5) is 7.69. The number of aliphatic hydroxyl groups is 1. The van der Waals surface area contributed by atoms with E-state index in [1.807, 2.05) is 6.92 Å². The Kier molecular flexibility index (Phi) is 4.58. The Morgan fingerprint density at radius 1 is 1.60 bits per heavy atom. The fraction of sp³-hybridized carbons (Fsp3) is 0.556. The van der Waals surface area contributed by atoms with Crippen LogP contribution in [0.3, 0.4) is 0 Å². The summed E-state index contributed by atoms with van der Waals surface area (Å²) in [6.07, 6.45) is 2.44. The number of anilines is 2. The van der Waals surface area contributed by atoms with Gasteiger partial charge in [-0.25, -0.2) is 9.97 Å². The van der Waals surface area contributed by atoms with Crippen molar-refractivity contribution in [2.24, 2.45) is 0 Å². The lowest BCUT2D eigenvalue weighted by Crippen LogP contribution is -2.14. The molecule has 15 heavy (non-hydrogen) atoms. The third-order valence-electron chi connectivity index (χ3n) is 2.08. The van der Waals surface area contributed by atoms with Crippen molar-refractivity contribution in [3.8, 4) is 0 Å². The summed E-state index contributed by atoms with van der Waals surface area (Å²) in [5.41, 5.74) is 5.99. The molecule has 0 aliphatic carbocycles. The summed E-state index contributed by atoms with van der Waals surface area (Å²) >= 11 is 5.72. The lowest BCUT2D eigenvalue weighted by Gasteiger charge is -2.10. The van der Waals surface area contributed by atoms with E-state index < -0.39 is 0 Å². The second kappa shape index (κ2) is 5.72. The van der Waals surface area contributed by atoms with Crippen LogP contribution in [0.4, 0.5) is 11.5 Å². The van der Waals surface area contributed by atoms with Gasteiger partial charge in [0.05, 0.1) is 6.10 Å². The molecule has 6 heteroatoms. The SMILES string of the molecule is CCC(O)CCNc1ncnc(Cl)c1N. The van der Waals surface area contributed by atoms with Crippen LogP contribution in [0.2, 0.25) is 5.15 Å². The highest BCUT2D eigenvalue weighted by molar-refractivity contribution is 6.32. The normalized spacial score (nSPS) is 12.5. The van der Waals surface area contributed by atoms with Crippen LogP contribution in [0.25, 0.3) is 0 Å². The highest BCUT2D eigenvalue weighted by Crippen LogP contribution is 2.21. The second-order valence-corrected chi connectivity index (χ2v) is 3.56. The molecule has 0 amide bonds. The van der Waals surface area contributed by atoms with E-state index in [9.17, 15) is 5.11 Å². The van der Waals surface area contributed by atoms with Gasteiger partial charge in [0.2, 0.25) is 0 Å². The number of aromatic nitrogens is 2. The zero-order valence-corrected chi connectivity index (χ0v) is 9.33. The minimum absolute atomic E-state index is 0.239. The molecule has 1 rings (SSSR count). The van der Waals surface area contributed by atoms with E-state index in [0.29, 0.717) is 24.5 Å². The number of hydrogen-bond donors (Lipinski definition) is 3. The number of nitrogens with zero attached hydrogens (tertiary/aromatic N) is 2. The lowest BCUT2D eigenvalue weighted by molar-refractivity contribution is 0.164. The number of rotatable bonds is 5. The molecule has 1 aromatic heterocycles. The zero-order valence-electron chi connectivity index (χ0n) is 8.57. The number of nitrogens with one attached hydrogen (secondary N) is 1. The van der Waals surface area contributed by atoms with Crippen molar-refractivity contribution in [3.63, 3.8) is 0 Å². The molecule has 0 saturated heterocycles. The van der Waals surface area contributed by atoms with Crippen LogP contribution in [0, 0.1) is 0 Å². The Morgan fingerprint density at radius 3 is 3.00 bits per heavy atom. The van der Waals surface area contributed by atoms with Crippen LogP contribution < -0.4 is 11.1 Å². The van der Waals surface area contributed by atoms with Gasteiger partial charge in [-0.15, -0.1) is 0 Å². The molecule has 1 atom stereocenters.